The van der Waals surface area contributed by atoms with Crippen molar-refractivity contribution in [3.8, 4) is 5.75 Å². The maximum absolute atomic E-state index is 12.8. The quantitative estimate of drug-likeness (QED) is 0.860. The standard InChI is InChI=1S/C10H7BrFNO2/c11-10-13-5-9(15-10)6-14-8-3-1-2-7(12)4-8/h1-5H,6H2. The summed E-state index contributed by atoms with van der Waals surface area (Å²) in [7, 11) is 0. The SMILES string of the molecule is Fc1cccc(OCc2cnc(Br)o2)c1. The van der Waals surface area contributed by atoms with Crippen LogP contribution in [-0.4, -0.2) is 4.98 Å². The van der Waals surface area contributed by atoms with Crippen molar-refractivity contribution in [2.75, 3.05) is 0 Å². The van der Waals surface area contributed by atoms with Gasteiger partial charge in [-0.25, -0.2) is 9.37 Å². The highest BCUT2D eigenvalue weighted by Gasteiger charge is 2.02. The van der Waals surface area contributed by atoms with Gasteiger partial charge in [0.2, 0.25) is 0 Å². The number of oxazole rings is 1. The lowest BCUT2D eigenvalue weighted by molar-refractivity contribution is 0.266. The zero-order valence-electron chi connectivity index (χ0n) is 7.61. The van der Waals surface area contributed by atoms with Gasteiger partial charge in [-0.15, -0.1) is 0 Å². The van der Waals surface area contributed by atoms with Crippen molar-refractivity contribution >= 4 is 15.9 Å². The molecule has 0 saturated carbocycles. The van der Waals surface area contributed by atoms with E-state index in [-0.39, 0.29) is 12.4 Å². The number of aromatic nitrogens is 1. The lowest BCUT2D eigenvalue weighted by Gasteiger charge is -2.02. The van der Waals surface area contributed by atoms with Gasteiger partial charge in [-0.1, -0.05) is 6.07 Å². The van der Waals surface area contributed by atoms with Crippen molar-refractivity contribution < 1.29 is 13.5 Å². The molecular formula is C10H7BrFNO2. The van der Waals surface area contributed by atoms with Gasteiger partial charge >= 0.3 is 0 Å². The first kappa shape index (κ1) is 10.2. The molecule has 0 aliphatic heterocycles. The molecule has 1 aromatic heterocycles. The van der Waals surface area contributed by atoms with Crippen LogP contribution in [-0.2, 0) is 6.61 Å². The van der Waals surface area contributed by atoms with E-state index in [1.54, 1.807) is 18.3 Å². The van der Waals surface area contributed by atoms with E-state index in [4.69, 9.17) is 9.15 Å². The first-order chi connectivity index (χ1) is 7.24. The molecule has 0 aliphatic rings. The Bertz CT molecular complexity index is 458. The molecule has 2 aromatic rings. The maximum Gasteiger partial charge on any atom is 0.264 e. The molecule has 0 saturated heterocycles. The highest BCUT2D eigenvalue weighted by atomic mass is 79.9. The molecule has 5 heteroatoms. The van der Waals surface area contributed by atoms with Crippen molar-refractivity contribution in [3.63, 3.8) is 0 Å². The number of rotatable bonds is 3. The number of halogens is 2. The van der Waals surface area contributed by atoms with Gasteiger partial charge in [0.15, 0.2) is 5.76 Å². The first-order valence-corrected chi connectivity index (χ1v) is 5.02. The summed E-state index contributed by atoms with van der Waals surface area (Å²) in [4.78, 5) is 4.25. The van der Waals surface area contributed by atoms with Crippen LogP contribution in [0.25, 0.3) is 0 Å². The molecule has 1 aromatic carbocycles. The Morgan fingerprint density at radius 3 is 3.00 bits per heavy atom. The van der Waals surface area contributed by atoms with E-state index in [1.165, 1.54) is 12.1 Å². The minimum absolute atomic E-state index is 0.224. The second kappa shape index (κ2) is 4.44. The van der Waals surface area contributed by atoms with E-state index in [9.17, 15) is 4.39 Å². The average Bonchev–Trinajstić information content (AvgIpc) is 2.62. The predicted molar refractivity (Wildman–Crippen MR) is 54.9 cm³/mol. The first-order valence-electron chi connectivity index (χ1n) is 4.22. The average molecular weight is 272 g/mol. The zero-order valence-corrected chi connectivity index (χ0v) is 9.20. The predicted octanol–water partition coefficient (Wildman–Crippen LogP) is 3.16. The van der Waals surface area contributed by atoms with Crippen LogP contribution >= 0.6 is 15.9 Å². The molecule has 3 nitrogen and oxygen atoms in total. The number of ether oxygens (including phenoxy) is 1. The van der Waals surface area contributed by atoms with E-state index in [0.717, 1.165) is 0 Å². The molecular weight excluding hydrogens is 265 g/mol. The van der Waals surface area contributed by atoms with Gasteiger partial charge in [-0.05, 0) is 12.1 Å². The van der Waals surface area contributed by atoms with E-state index in [2.05, 4.69) is 20.9 Å². The van der Waals surface area contributed by atoms with Crippen molar-refractivity contribution in [1.29, 1.82) is 0 Å². The van der Waals surface area contributed by atoms with Crippen LogP contribution in [0.4, 0.5) is 4.39 Å². The molecule has 15 heavy (non-hydrogen) atoms. The van der Waals surface area contributed by atoms with E-state index in [1.807, 2.05) is 0 Å². The Hall–Kier alpha value is -1.36. The zero-order chi connectivity index (χ0) is 10.7. The lowest BCUT2D eigenvalue weighted by Crippen LogP contribution is -1.93. The van der Waals surface area contributed by atoms with Gasteiger partial charge in [0.05, 0.1) is 6.20 Å². The molecule has 0 aliphatic carbocycles. The number of nitrogens with zero attached hydrogens (tertiary/aromatic N) is 1. The van der Waals surface area contributed by atoms with Gasteiger partial charge in [0.1, 0.15) is 18.2 Å². The van der Waals surface area contributed by atoms with Crippen LogP contribution < -0.4 is 4.74 Å². The molecule has 0 unspecified atom stereocenters. The summed E-state index contributed by atoms with van der Waals surface area (Å²) in [6.45, 7) is 0.224. The van der Waals surface area contributed by atoms with Gasteiger partial charge in [0.25, 0.3) is 4.80 Å². The Kier molecular flexibility index (Phi) is 3.01. The molecule has 0 atom stereocenters. The summed E-state index contributed by atoms with van der Waals surface area (Å²) < 4.78 is 23.2. The van der Waals surface area contributed by atoms with Crippen LogP contribution in [0.1, 0.15) is 5.76 Å². The Balaban J connectivity index is 1.99. The summed E-state index contributed by atoms with van der Waals surface area (Å²) in [5, 5.41) is 0. The van der Waals surface area contributed by atoms with E-state index in [0.29, 0.717) is 16.3 Å². The van der Waals surface area contributed by atoms with Crippen LogP contribution in [0.15, 0.2) is 39.7 Å². The van der Waals surface area contributed by atoms with E-state index < -0.39 is 0 Å². The Morgan fingerprint density at radius 1 is 1.47 bits per heavy atom. The van der Waals surface area contributed by atoms with Crippen LogP contribution in [0, 0.1) is 5.82 Å². The molecule has 0 N–H and O–H groups in total. The van der Waals surface area contributed by atoms with Gasteiger partial charge in [0, 0.05) is 22.0 Å². The smallest absolute Gasteiger partial charge is 0.264 e. The Morgan fingerprint density at radius 2 is 2.33 bits per heavy atom. The largest absolute Gasteiger partial charge is 0.485 e. The number of hydrogen-bond acceptors (Lipinski definition) is 3. The third-order valence-corrected chi connectivity index (χ3v) is 2.07. The fourth-order valence-electron chi connectivity index (χ4n) is 1.06. The summed E-state index contributed by atoms with van der Waals surface area (Å²) >= 11 is 3.08. The highest BCUT2D eigenvalue weighted by molar-refractivity contribution is 9.10. The van der Waals surface area contributed by atoms with Gasteiger partial charge in [-0.2, -0.15) is 0 Å². The third kappa shape index (κ3) is 2.79. The Labute approximate surface area is 94.0 Å². The minimum atomic E-state index is -0.328. The molecule has 78 valence electrons. The van der Waals surface area contributed by atoms with Gasteiger partial charge < -0.3 is 9.15 Å². The fourth-order valence-corrected chi connectivity index (χ4v) is 1.37. The monoisotopic (exact) mass is 271 g/mol. The second-order valence-electron chi connectivity index (χ2n) is 2.83. The van der Waals surface area contributed by atoms with Crippen molar-refractivity contribution in [2.24, 2.45) is 0 Å². The summed E-state index contributed by atoms with van der Waals surface area (Å²) in [5.74, 6) is 0.708. The normalized spacial score (nSPS) is 10.3. The molecule has 2 rings (SSSR count). The highest BCUT2D eigenvalue weighted by Crippen LogP contribution is 2.15. The third-order valence-electron chi connectivity index (χ3n) is 1.70. The molecule has 0 amide bonds. The van der Waals surface area contributed by atoms with Crippen molar-refractivity contribution in [3.05, 3.63) is 46.8 Å². The number of hydrogen-bond donors (Lipinski definition) is 0. The molecule has 0 spiro atoms. The summed E-state index contributed by atoms with van der Waals surface area (Å²) in [6, 6.07) is 5.93. The maximum atomic E-state index is 12.8. The number of benzene rings is 1. The van der Waals surface area contributed by atoms with Crippen LogP contribution in [0.5, 0.6) is 5.75 Å². The molecule has 0 radical (unpaired) electrons. The lowest BCUT2D eigenvalue weighted by atomic mass is 10.3. The fraction of sp³-hybridized carbons (Fsp3) is 0.100. The minimum Gasteiger partial charge on any atom is -0.485 e. The van der Waals surface area contributed by atoms with Crippen molar-refractivity contribution in [1.82, 2.24) is 4.98 Å². The van der Waals surface area contributed by atoms with Crippen LogP contribution in [0.3, 0.4) is 0 Å². The van der Waals surface area contributed by atoms with Crippen molar-refractivity contribution in [2.45, 2.75) is 6.61 Å². The topological polar surface area (TPSA) is 35.3 Å². The van der Waals surface area contributed by atoms with Crippen LogP contribution in [0.2, 0.25) is 0 Å². The summed E-state index contributed by atoms with van der Waals surface area (Å²) in [6.07, 6.45) is 1.55. The van der Waals surface area contributed by atoms with E-state index >= 15 is 0 Å². The van der Waals surface area contributed by atoms with Gasteiger partial charge in [-0.3, -0.25) is 0 Å². The second-order valence-corrected chi connectivity index (χ2v) is 3.50. The molecule has 0 fully saturated rings. The molecule has 0 bridgehead atoms. The molecule has 1 heterocycles. The summed E-state index contributed by atoms with van der Waals surface area (Å²) in [5.41, 5.74) is 0.